The molecule has 0 aromatic carbocycles. The van der Waals surface area contributed by atoms with Crippen LogP contribution in [0.4, 0.5) is 0 Å². The molecule has 0 heterocycles. The Bertz CT molecular complexity index is 338. The second-order valence-electron chi connectivity index (χ2n) is 7.28. The van der Waals surface area contributed by atoms with Crippen LogP contribution in [-0.2, 0) is 9.53 Å². The van der Waals surface area contributed by atoms with Gasteiger partial charge in [-0.05, 0) is 6.42 Å². The molecular weight excluding hydrogens is 578 g/mol. The summed E-state index contributed by atoms with van der Waals surface area (Å²) < 4.78 is 5.82. The minimum absolute atomic E-state index is 0.299. The summed E-state index contributed by atoms with van der Waals surface area (Å²) in [7, 11) is 1.15. The third-order valence-electron chi connectivity index (χ3n) is 4.78. The van der Waals surface area contributed by atoms with Crippen LogP contribution in [0, 0.1) is 0 Å². The largest absolute Gasteiger partial charge is 0.463 e. The van der Waals surface area contributed by atoms with Gasteiger partial charge in [0, 0.05) is 6.08 Å². The summed E-state index contributed by atoms with van der Waals surface area (Å²) >= 11 is 5.07. The Morgan fingerprint density at radius 3 is 1.48 bits per heavy atom. The molecule has 0 N–H and O–H groups in total. The maximum Gasteiger partial charge on any atom is 0.330 e. The first-order valence-electron chi connectivity index (χ1n) is 11.0. The number of hydrogen-bond donors (Lipinski definition) is 0. The average molecular weight is 618 g/mol. The van der Waals surface area contributed by atoms with Gasteiger partial charge in [-0.3, -0.25) is 0 Å². The molecule has 0 saturated carbocycles. The molecule has 0 fully saturated rings. The van der Waals surface area contributed by atoms with Gasteiger partial charge in [-0.15, -0.1) is 0 Å². The SMILES string of the molecule is C=CC(=O)OCCCCCCCCCCCCCCCCCC[Si]C(I)I. The smallest absolute Gasteiger partial charge is 0.330 e. The first-order valence-corrected chi connectivity index (χ1v) is 14.7. The molecule has 0 bridgehead atoms. The van der Waals surface area contributed by atoms with Gasteiger partial charge in [-0.1, -0.05) is 154 Å². The Morgan fingerprint density at radius 2 is 1.11 bits per heavy atom. The highest BCUT2D eigenvalue weighted by Crippen LogP contribution is 2.15. The van der Waals surface area contributed by atoms with E-state index < -0.39 is 0 Å². The Balaban J connectivity index is 3.03. The molecule has 2 radical (unpaired) electrons. The minimum atomic E-state index is -0.299. The lowest BCUT2D eigenvalue weighted by molar-refractivity contribution is -0.137. The average Bonchev–Trinajstić information content (AvgIpc) is 2.65. The van der Waals surface area contributed by atoms with E-state index in [1.165, 1.54) is 108 Å². The molecule has 0 aliphatic rings. The van der Waals surface area contributed by atoms with Gasteiger partial charge in [0.25, 0.3) is 0 Å². The first kappa shape index (κ1) is 27.9. The highest BCUT2D eigenvalue weighted by molar-refractivity contribution is 14.2. The number of unbranched alkanes of at least 4 members (excludes halogenated alkanes) is 15. The van der Waals surface area contributed by atoms with Crippen molar-refractivity contribution in [3.63, 3.8) is 0 Å². The molecule has 0 amide bonds. The lowest BCUT2D eigenvalue weighted by atomic mass is 10.0. The number of ether oxygens (including phenoxy) is 1. The van der Waals surface area contributed by atoms with Crippen molar-refractivity contribution in [3.05, 3.63) is 12.7 Å². The summed E-state index contributed by atoms with van der Waals surface area (Å²) in [5, 5.41) is 0. The van der Waals surface area contributed by atoms with Crippen molar-refractivity contribution in [2.24, 2.45) is 0 Å². The molecule has 0 spiro atoms. The van der Waals surface area contributed by atoms with E-state index in [1.54, 1.807) is 0 Å². The van der Waals surface area contributed by atoms with Crippen molar-refractivity contribution >= 4 is 60.7 Å². The Hall–Kier alpha value is 0.887. The van der Waals surface area contributed by atoms with Gasteiger partial charge in [0.05, 0.1) is 17.7 Å². The summed E-state index contributed by atoms with van der Waals surface area (Å²) in [4.78, 5) is 10.9. The van der Waals surface area contributed by atoms with Crippen molar-refractivity contribution in [2.75, 3.05) is 6.61 Å². The number of esters is 1. The predicted molar refractivity (Wildman–Crippen MR) is 137 cm³/mol. The summed E-state index contributed by atoms with van der Waals surface area (Å²) in [5.41, 5.74) is 0. The molecular formula is C22H40I2O2Si. The Morgan fingerprint density at radius 1 is 0.741 bits per heavy atom. The van der Waals surface area contributed by atoms with Crippen molar-refractivity contribution in [3.8, 4) is 0 Å². The molecule has 0 unspecified atom stereocenters. The number of carbonyl (C=O) groups is 1. The van der Waals surface area contributed by atoms with Gasteiger partial charge in [0.1, 0.15) is 0 Å². The predicted octanol–water partition coefficient (Wildman–Crippen LogP) is 8.23. The molecule has 0 aliphatic heterocycles. The first-order chi connectivity index (χ1) is 13.2. The standard InChI is InChI=1S/C22H40I2O2Si/c1-2-21(25)26-19-17-15-13-11-9-7-5-3-4-6-8-10-12-14-16-18-20-27-22(23)24/h2,22H,1,3-20H2. The zero-order chi connectivity index (χ0) is 20.0. The summed E-state index contributed by atoms with van der Waals surface area (Å²) in [6.45, 7) is 3.94. The van der Waals surface area contributed by atoms with E-state index >= 15 is 0 Å². The van der Waals surface area contributed by atoms with Crippen LogP contribution in [0.1, 0.15) is 103 Å². The number of alkyl halides is 2. The quantitative estimate of drug-likeness (QED) is 0.0324. The molecule has 0 aliphatic carbocycles. The van der Waals surface area contributed by atoms with Crippen LogP contribution in [0.5, 0.6) is 0 Å². The van der Waals surface area contributed by atoms with E-state index in [2.05, 4.69) is 51.8 Å². The third kappa shape index (κ3) is 24.8. The topological polar surface area (TPSA) is 26.3 Å². The van der Waals surface area contributed by atoms with Crippen LogP contribution < -0.4 is 0 Å². The molecule has 0 atom stereocenters. The summed E-state index contributed by atoms with van der Waals surface area (Å²) in [6, 6.07) is 1.45. The lowest BCUT2D eigenvalue weighted by Gasteiger charge is -2.04. The molecule has 158 valence electrons. The fourth-order valence-electron chi connectivity index (χ4n) is 3.14. The molecule has 0 rings (SSSR count). The molecule has 27 heavy (non-hydrogen) atoms. The molecule has 0 saturated heterocycles. The van der Waals surface area contributed by atoms with Gasteiger partial charge in [0.2, 0.25) is 0 Å². The van der Waals surface area contributed by atoms with Crippen LogP contribution in [0.15, 0.2) is 12.7 Å². The number of carbonyl (C=O) groups excluding carboxylic acids is 1. The van der Waals surface area contributed by atoms with E-state index in [0.29, 0.717) is 6.61 Å². The van der Waals surface area contributed by atoms with E-state index in [1.807, 2.05) is 0 Å². The maximum atomic E-state index is 10.9. The van der Waals surface area contributed by atoms with Gasteiger partial charge in [-0.2, -0.15) is 0 Å². The number of hydrogen-bond acceptors (Lipinski definition) is 2. The highest BCUT2D eigenvalue weighted by atomic mass is 127. The number of rotatable bonds is 21. The van der Waals surface area contributed by atoms with Crippen molar-refractivity contribution in [1.82, 2.24) is 0 Å². The van der Waals surface area contributed by atoms with E-state index in [0.717, 1.165) is 17.5 Å². The second kappa shape index (κ2) is 23.2. The Labute approximate surface area is 198 Å². The van der Waals surface area contributed by atoms with Gasteiger partial charge in [0.15, 0.2) is 0 Å². The summed E-state index contributed by atoms with van der Waals surface area (Å²) in [5.74, 6) is -0.299. The number of halogens is 2. The van der Waals surface area contributed by atoms with Crippen LogP contribution in [0.2, 0.25) is 6.04 Å². The molecule has 0 aromatic rings. The zero-order valence-electron chi connectivity index (χ0n) is 17.2. The highest BCUT2D eigenvalue weighted by Gasteiger charge is 1.99. The van der Waals surface area contributed by atoms with E-state index in [4.69, 9.17) is 4.74 Å². The molecule has 5 heteroatoms. The fraction of sp³-hybridized carbons (Fsp3) is 0.864. The normalized spacial score (nSPS) is 11.1. The fourth-order valence-corrected chi connectivity index (χ4v) is 5.69. The minimum Gasteiger partial charge on any atom is -0.463 e. The molecule has 2 nitrogen and oxygen atoms in total. The van der Waals surface area contributed by atoms with Crippen molar-refractivity contribution < 1.29 is 9.53 Å². The van der Waals surface area contributed by atoms with E-state index in [9.17, 15) is 4.79 Å². The van der Waals surface area contributed by atoms with E-state index in [-0.39, 0.29) is 5.97 Å². The van der Waals surface area contributed by atoms with Crippen molar-refractivity contribution in [2.45, 2.75) is 110 Å². The van der Waals surface area contributed by atoms with Crippen LogP contribution >= 0.6 is 45.2 Å². The Kier molecular flexibility index (Phi) is 23.9. The van der Waals surface area contributed by atoms with Gasteiger partial charge < -0.3 is 4.74 Å². The van der Waals surface area contributed by atoms with Crippen molar-refractivity contribution in [1.29, 1.82) is 0 Å². The van der Waals surface area contributed by atoms with Crippen LogP contribution in [-0.4, -0.2) is 23.7 Å². The van der Waals surface area contributed by atoms with Gasteiger partial charge >= 0.3 is 5.97 Å². The zero-order valence-corrected chi connectivity index (χ0v) is 22.5. The van der Waals surface area contributed by atoms with Gasteiger partial charge in [-0.25, -0.2) is 4.79 Å². The second-order valence-corrected chi connectivity index (χ2v) is 16.0. The monoisotopic (exact) mass is 618 g/mol. The maximum absolute atomic E-state index is 10.9. The lowest BCUT2D eigenvalue weighted by Crippen LogP contribution is -2.01. The molecule has 0 aromatic heterocycles. The summed E-state index contributed by atoms with van der Waals surface area (Å²) in [6.07, 6.45) is 23.1. The third-order valence-corrected chi connectivity index (χ3v) is 8.37. The van der Waals surface area contributed by atoms with Crippen LogP contribution in [0.25, 0.3) is 0 Å². The van der Waals surface area contributed by atoms with Crippen LogP contribution in [0.3, 0.4) is 0 Å².